The van der Waals surface area contributed by atoms with Gasteiger partial charge in [0.05, 0.1) is 23.7 Å². The Hall–Kier alpha value is -4.47. The fourth-order valence-corrected chi connectivity index (χ4v) is 5.90. The Bertz CT molecular complexity index is 1560. The maximum atomic E-state index is 13.8. The fraction of sp³-hybridized carbons (Fsp3) is 0.161. The van der Waals surface area contributed by atoms with E-state index < -0.39 is 28.6 Å². The Kier molecular flexibility index (Phi) is 8.23. The summed E-state index contributed by atoms with van der Waals surface area (Å²) in [6, 6.07) is 33.6. The third kappa shape index (κ3) is 6.22. The normalized spacial score (nSPS) is 14.7. The van der Waals surface area contributed by atoms with Gasteiger partial charge in [-0.2, -0.15) is 4.31 Å². The number of hydrogen-bond acceptors (Lipinski definition) is 5. The molecule has 0 aliphatic carbocycles. The highest BCUT2D eigenvalue weighted by molar-refractivity contribution is 7.89. The van der Waals surface area contributed by atoms with E-state index in [9.17, 15) is 18.0 Å². The van der Waals surface area contributed by atoms with E-state index in [1.807, 2.05) is 60.7 Å². The lowest BCUT2D eigenvalue weighted by atomic mass is 10.1. The maximum absolute atomic E-state index is 13.8. The van der Waals surface area contributed by atoms with Crippen LogP contribution in [0.5, 0.6) is 5.75 Å². The molecule has 1 N–H and O–H groups in total. The molecule has 0 spiro atoms. The Balaban J connectivity index is 1.39. The molecule has 0 fully saturated rings. The van der Waals surface area contributed by atoms with Gasteiger partial charge in [-0.05, 0) is 35.4 Å². The molecule has 204 valence electrons. The van der Waals surface area contributed by atoms with Crippen LogP contribution in [0.4, 0.5) is 5.69 Å². The highest BCUT2D eigenvalue weighted by atomic mass is 32.2. The van der Waals surface area contributed by atoms with Crippen molar-refractivity contribution >= 4 is 27.5 Å². The Morgan fingerprint density at radius 1 is 0.800 bits per heavy atom. The zero-order chi connectivity index (χ0) is 28.0. The van der Waals surface area contributed by atoms with E-state index in [0.29, 0.717) is 18.0 Å². The topological polar surface area (TPSA) is 96.0 Å². The molecule has 1 heterocycles. The third-order valence-corrected chi connectivity index (χ3v) is 8.38. The lowest BCUT2D eigenvalue weighted by Crippen LogP contribution is -2.52. The molecule has 4 aromatic carbocycles. The van der Waals surface area contributed by atoms with Crippen molar-refractivity contribution in [2.24, 2.45) is 0 Å². The first-order chi connectivity index (χ1) is 19.4. The molecule has 4 aromatic rings. The molecule has 1 aliphatic rings. The summed E-state index contributed by atoms with van der Waals surface area (Å²) < 4.78 is 34.5. The number of carbonyl (C=O) groups is 2. The summed E-state index contributed by atoms with van der Waals surface area (Å²) in [5, 5.41) is 2.87. The molecule has 0 saturated heterocycles. The van der Waals surface area contributed by atoms with Crippen LogP contribution >= 0.6 is 0 Å². The molecule has 9 heteroatoms. The van der Waals surface area contributed by atoms with Gasteiger partial charge >= 0.3 is 0 Å². The minimum absolute atomic E-state index is 0.0107. The van der Waals surface area contributed by atoms with Gasteiger partial charge in [-0.1, -0.05) is 91.0 Å². The van der Waals surface area contributed by atoms with E-state index >= 15 is 0 Å². The number of amides is 2. The number of para-hydroxylation sites is 2. The number of rotatable bonds is 9. The van der Waals surface area contributed by atoms with E-state index in [0.717, 1.165) is 11.1 Å². The number of sulfonamides is 1. The summed E-state index contributed by atoms with van der Waals surface area (Å²) in [4.78, 5) is 28.4. The van der Waals surface area contributed by atoms with Crippen LogP contribution in [0, 0.1) is 0 Å². The molecule has 0 aromatic heterocycles. The maximum Gasteiger partial charge on any atom is 0.263 e. The predicted octanol–water partition coefficient (Wildman–Crippen LogP) is 3.99. The van der Waals surface area contributed by atoms with Crippen LogP contribution in [0.15, 0.2) is 120 Å². The second kappa shape index (κ2) is 12.1. The summed E-state index contributed by atoms with van der Waals surface area (Å²) in [5.41, 5.74) is 2.16. The molecule has 1 unspecified atom stereocenters. The van der Waals surface area contributed by atoms with Crippen molar-refractivity contribution in [1.82, 2.24) is 9.62 Å². The second-order valence-electron chi connectivity index (χ2n) is 9.35. The SMILES string of the molecule is O=C(NCc1ccccc1)C1CN(C(=O)CN(Cc2ccccc2)S(=O)(=O)c2ccccc2)c2ccccc2O1. The van der Waals surface area contributed by atoms with Gasteiger partial charge in [0.1, 0.15) is 5.75 Å². The van der Waals surface area contributed by atoms with Crippen molar-refractivity contribution in [3.05, 3.63) is 126 Å². The number of nitrogens with zero attached hydrogens (tertiary/aromatic N) is 2. The van der Waals surface area contributed by atoms with Crippen LogP contribution in [-0.2, 0) is 32.7 Å². The zero-order valence-electron chi connectivity index (χ0n) is 21.7. The zero-order valence-corrected chi connectivity index (χ0v) is 22.5. The summed E-state index contributed by atoms with van der Waals surface area (Å²) in [5.74, 6) is -0.455. The number of anilines is 1. The van der Waals surface area contributed by atoms with Gasteiger partial charge in [-0.25, -0.2) is 8.42 Å². The number of benzene rings is 4. The molecule has 0 saturated carbocycles. The highest BCUT2D eigenvalue weighted by Gasteiger charge is 2.36. The lowest BCUT2D eigenvalue weighted by Gasteiger charge is -2.35. The van der Waals surface area contributed by atoms with Crippen LogP contribution in [0.3, 0.4) is 0 Å². The Morgan fingerprint density at radius 2 is 1.38 bits per heavy atom. The lowest BCUT2D eigenvalue weighted by molar-refractivity contribution is -0.128. The van der Waals surface area contributed by atoms with E-state index in [2.05, 4.69) is 5.32 Å². The van der Waals surface area contributed by atoms with E-state index in [4.69, 9.17) is 4.74 Å². The fourth-order valence-electron chi connectivity index (χ4n) is 4.50. The molecule has 1 aliphatic heterocycles. The summed E-state index contributed by atoms with van der Waals surface area (Å²) >= 11 is 0. The first kappa shape index (κ1) is 27.1. The first-order valence-corrected chi connectivity index (χ1v) is 14.3. The van der Waals surface area contributed by atoms with Gasteiger partial charge in [0, 0.05) is 13.1 Å². The second-order valence-corrected chi connectivity index (χ2v) is 11.3. The standard InChI is InChI=1S/C31H29N3O5S/c35-30(23-33(21-25-14-6-2-7-15-25)40(37,38)26-16-8-3-9-17-26)34-22-29(39-28-19-11-10-18-27(28)34)31(36)32-20-24-12-4-1-5-13-24/h1-19,29H,20-23H2,(H,32,36). The molecule has 1 atom stereocenters. The average Bonchev–Trinajstić information content (AvgIpc) is 3.00. The van der Waals surface area contributed by atoms with Crippen LogP contribution in [0.2, 0.25) is 0 Å². The highest BCUT2D eigenvalue weighted by Crippen LogP contribution is 2.33. The largest absolute Gasteiger partial charge is 0.477 e. The number of fused-ring (bicyclic) bond motifs is 1. The molecule has 5 rings (SSSR count). The Labute approximate surface area is 233 Å². The third-order valence-electron chi connectivity index (χ3n) is 6.57. The predicted molar refractivity (Wildman–Crippen MR) is 152 cm³/mol. The van der Waals surface area contributed by atoms with Crippen molar-refractivity contribution in [2.45, 2.75) is 24.1 Å². The van der Waals surface area contributed by atoms with Crippen LogP contribution in [0.25, 0.3) is 0 Å². The van der Waals surface area contributed by atoms with Crippen molar-refractivity contribution in [3.8, 4) is 5.75 Å². The number of hydrogen-bond donors (Lipinski definition) is 1. The van der Waals surface area contributed by atoms with Gasteiger partial charge in [0.2, 0.25) is 15.9 Å². The van der Waals surface area contributed by atoms with Crippen LogP contribution in [-0.4, -0.2) is 43.7 Å². The minimum atomic E-state index is -4.00. The van der Waals surface area contributed by atoms with Crippen LogP contribution < -0.4 is 15.0 Å². The van der Waals surface area contributed by atoms with Crippen molar-refractivity contribution in [3.63, 3.8) is 0 Å². The monoisotopic (exact) mass is 555 g/mol. The summed E-state index contributed by atoms with van der Waals surface area (Å²) in [6.45, 7) is -0.147. The molecule has 40 heavy (non-hydrogen) atoms. The molecular formula is C31H29N3O5S. The Morgan fingerprint density at radius 3 is 2.05 bits per heavy atom. The minimum Gasteiger partial charge on any atom is -0.477 e. The van der Waals surface area contributed by atoms with Gasteiger partial charge in [-0.3, -0.25) is 9.59 Å². The molecule has 0 radical (unpaired) electrons. The van der Waals surface area contributed by atoms with Crippen molar-refractivity contribution < 1.29 is 22.7 Å². The summed E-state index contributed by atoms with van der Waals surface area (Å²) in [7, 11) is -4.00. The number of carbonyl (C=O) groups excluding carboxylic acids is 2. The van der Waals surface area contributed by atoms with Gasteiger partial charge in [0.25, 0.3) is 5.91 Å². The smallest absolute Gasteiger partial charge is 0.263 e. The quantitative estimate of drug-likeness (QED) is 0.337. The van der Waals surface area contributed by atoms with Gasteiger partial charge < -0.3 is 15.0 Å². The molecule has 0 bridgehead atoms. The average molecular weight is 556 g/mol. The van der Waals surface area contributed by atoms with Crippen molar-refractivity contribution in [2.75, 3.05) is 18.0 Å². The van der Waals surface area contributed by atoms with E-state index in [1.165, 1.54) is 21.3 Å². The summed E-state index contributed by atoms with van der Waals surface area (Å²) in [6.07, 6.45) is -0.962. The molecule has 8 nitrogen and oxygen atoms in total. The van der Waals surface area contributed by atoms with Crippen LogP contribution in [0.1, 0.15) is 11.1 Å². The number of ether oxygens (including phenoxy) is 1. The molecular weight excluding hydrogens is 526 g/mol. The van der Waals surface area contributed by atoms with E-state index in [1.54, 1.807) is 42.5 Å². The van der Waals surface area contributed by atoms with Gasteiger partial charge in [-0.15, -0.1) is 0 Å². The molecule has 2 amide bonds. The van der Waals surface area contributed by atoms with Crippen molar-refractivity contribution in [1.29, 1.82) is 0 Å². The number of nitrogens with one attached hydrogen (secondary N) is 1. The van der Waals surface area contributed by atoms with Gasteiger partial charge in [0.15, 0.2) is 6.10 Å². The van der Waals surface area contributed by atoms with E-state index in [-0.39, 0.29) is 23.9 Å². The first-order valence-electron chi connectivity index (χ1n) is 12.9.